The molecule has 7 nitrogen and oxygen atoms in total. The maximum atomic E-state index is 11.4. The first kappa shape index (κ1) is 26.2. The molecule has 0 aromatic carbocycles. The van der Waals surface area contributed by atoms with Crippen LogP contribution in [0.4, 0.5) is 19.1 Å². The summed E-state index contributed by atoms with van der Waals surface area (Å²) in [7, 11) is 1.28. The Hall–Kier alpha value is -3.40. The van der Waals surface area contributed by atoms with Crippen LogP contribution in [0.3, 0.4) is 0 Å². The number of alkyl halides is 3. The number of hydrogen-bond acceptors (Lipinski definition) is 5. The quantitative estimate of drug-likeness (QED) is 0.330. The van der Waals surface area contributed by atoms with Crippen molar-refractivity contribution in [3.8, 4) is 11.1 Å². The Kier molecular flexibility index (Phi) is 8.86. The first-order chi connectivity index (χ1) is 16.7. The molecule has 4 heterocycles. The van der Waals surface area contributed by atoms with E-state index in [1.807, 2.05) is 23.0 Å². The van der Waals surface area contributed by atoms with E-state index in [1.165, 1.54) is 45.6 Å². The highest BCUT2D eigenvalue weighted by atomic mass is 19.4. The summed E-state index contributed by atoms with van der Waals surface area (Å²) in [5.74, 6) is 0.260. The van der Waals surface area contributed by atoms with Gasteiger partial charge in [-0.2, -0.15) is 23.3 Å². The summed E-state index contributed by atoms with van der Waals surface area (Å²) in [4.78, 5) is 11.4. The van der Waals surface area contributed by atoms with Crippen molar-refractivity contribution in [1.82, 2.24) is 29.9 Å². The van der Waals surface area contributed by atoms with Crippen LogP contribution < -0.4 is 11.1 Å². The maximum Gasteiger partial charge on any atom is 0.403 e. The number of nitrogen functional groups attached to an aromatic ring is 1. The van der Waals surface area contributed by atoms with Crippen molar-refractivity contribution >= 4 is 28.6 Å². The minimum absolute atomic E-state index is 0.260. The zero-order chi connectivity index (χ0) is 25.4. The molecule has 1 atom stereocenters. The summed E-state index contributed by atoms with van der Waals surface area (Å²) in [6, 6.07) is 2.68. The minimum Gasteiger partial charge on any atom is -0.368 e. The Balaban J connectivity index is 0.000000202. The van der Waals surface area contributed by atoms with Crippen LogP contribution >= 0.6 is 0 Å². The number of nitrogens with two attached hydrogens (primary N) is 1. The summed E-state index contributed by atoms with van der Waals surface area (Å²) < 4.78 is 36.0. The van der Waals surface area contributed by atoms with Gasteiger partial charge in [0, 0.05) is 35.1 Å². The molecule has 4 aromatic heterocycles. The third-order valence-corrected chi connectivity index (χ3v) is 5.96. The fraction of sp³-hybridized carbons (Fsp3) is 0.400. The second-order valence-electron chi connectivity index (χ2n) is 8.42. The van der Waals surface area contributed by atoms with E-state index in [0.29, 0.717) is 0 Å². The number of H-pyrrole nitrogens is 1. The van der Waals surface area contributed by atoms with E-state index in [1.54, 1.807) is 18.5 Å². The Labute approximate surface area is 202 Å². The molecule has 1 fully saturated rings. The molecule has 4 N–H and O–H groups in total. The van der Waals surface area contributed by atoms with Crippen molar-refractivity contribution in [2.45, 2.75) is 57.7 Å². The van der Waals surface area contributed by atoms with Gasteiger partial charge in [0.15, 0.2) is 0 Å². The highest BCUT2D eigenvalue weighted by Gasteiger charge is 2.34. The second kappa shape index (κ2) is 11.8. The summed E-state index contributed by atoms with van der Waals surface area (Å²) in [5.41, 5.74) is 10.4. The van der Waals surface area contributed by atoms with Gasteiger partial charge < -0.3 is 16.0 Å². The third-order valence-electron chi connectivity index (χ3n) is 5.96. The second-order valence-corrected chi connectivity index (χ2v) is 8.42. The van der Waals surface area contributed by atoms with Crippen molar-refractivity contribution < 1.29 is 13.2 Å². The van der Waals surface area contributed by atoms with Gasteiger partial charge >= 0.3 is 6.18 Å². The van der Waals surface area contributed by atoms with Gasteiger partial charge in [-0.05, 0) is 31.7 Å². The lowest BCUT2D eigenvalue weighted by molar-refractivity contribution is -0.150. The predicted molar refractivity (Wildman–Crippen MR) is 135 cm³/mol. The molecule has 1 unspecified atom stereocenters. The SMILES string of the molecule is C1CCCCC1.C=Cc1cnn2ccc(-c3c[nH]c4nc(N)ncc34)cc12.CNC(C)C(F)(F)F. The summed E-state index contributed by atoms with van der Waals surface area (Å²) in [6.45, 7) is 4.88. The summed E-state index contributed by atoms with van der Waals surface area (Å²) in [6.07, 6.45) is 14.1. The Morgan fingerprint density at radius 2 is 1.83 bits per heavy atom. The first-order valence-electron chi connectivity index (χ1n) is 11.7. The Morgan fingerprint density at radius 1 is 1.17 bits per heavy atom. The van der Waals surface area contributed by atoms with E-state index in [4.69, 9.17) is 5.73 Å². The molecule has 5 rings (SSSR count). The van der Waals surface area contributed by atoms with Gasteiger partial charge in [0.2, 0.25) is 5.95 Å². The molecule has 188 valence electrons. The van der Waals surface area contributed by atoms with Gasteiger partial charge in [-0.3, -0.25) is 0 Å². The molecule has 0 saturated heterocycles. The summed E-state index contributed by atoms with van der Waals surface area (Å²) in [5, 5.41) is 7.30. The van der Waals surface area contributed by atoms with Crippen LogP contribution in [-0.2, 0) is 0 Å². The number of anilines is 1. The number of rotatable bonds is 3. The van der Waals surface area contributed by atoms with Crippen molar-refractivity contribution in [3.05, 3.63) is 49.1 Å². The fourth-order valence-corrected chi connectivity index (χ4v) is 3.71. The van der Waals surface area contributed by atoms with Crippen LogP contribution in [-0.4, -0.2) is 43.8 Å². The molecular formula is C25H32F3N7. The number of halogens is 3. The molecule has 1 saturated carbocycles. The molecule has 0 aliphatic heterocycles. The monoisotopic (exact) mass is 487 g/mol. The highest BCUT2D eigenvalue weighted by molar-refractivity contribution is 5.94. The van der Waals surface area contributed by atoms with E-state index in [0.717, 1.165) is 40.2 Å². The minimum atomic E-state index is -4.10. The number of fused-ring (bicyclic) bond motifs is 2. The molecule has 4 aromatic rings. The molecule has 0 radical (unpaired) electrons. The van der Waals surface area contributed by atoms with E-state index in [2.05, 4.69) is 38.0 Å². The molecule has 1 aliphatic carbocycles. The number of aromatic amines is 1. The van der Waals surface area contributed by atoms with Crippen LogP contribution in [0.25, 0.3) is 33.8 Å². The Morgan fingerprint density at radius 3 is 2.37 bits per heavy atom. The van der Waals surface area contributed by atoms with Crippen LogP contribution in [0.1, 0.15) is 51.0 Å². The number of hydrogen-bond donors (Lipinski definition) is 3. The number of pyridine rings is 1. The van der Waals surface area contributed by atoms with Crippen LogP contribution in [0.15, 0.2) is 43.5 Å². The van der Waals surface area contributed by atoms with Crippen molar-refractivity contribution in [3.63, 3.8) is 0 Å². The van der Waals surface area contributed by atoms with Crippen molar-refractivity contribution in [2.75, 3.05) is 12.8 Å². The average molecular weight is 488 g/mol. The fourth-order valence-electron chi connectivity index (χ4n) is 3.71. The van der Waals surface area contributed by atoms with Crippen LogP contribution in [0.2, 0.25) is 0 Å². The van der Waals surface area contributed by atoms with Gasteiger partial charge in [-0.15, -0.1) is 0 Å². The zero-order valence-electron chi connectivity index (χ0n) is 20.1. The summed E-state index contributed by atoms with van der Waals surface area (Å²) >= 11 is 0. The molecular weight excluding hydrogens is 455 g/mol. The van der Waals surface area contributed by atoms with E-state index in [9.17, 15) is 13.2 Å². The van der Waals surface area contributed by atoms with Gasteiger partial charge in [0.05, 0.1) is 11.7 Å². The Bertz CT molecular complexity index is 1230. The van der Waals surface area contributed by atoms with Gasteiger partial charge in [0.1, 0.15) is 11.7 Å². The lowest BCUT2D eigenvalue weighted by atomic mass is 10.0. The van der Waals surface area contributed by atoms with E-state index in [-0.39, 0.29) is 5.95 Å². The maximum absolute atomic E-state index is 11.4. The van der Waals surface area contributed by atoms with Gasteiger partial charge in [0.25, 0.3) is 0 Å². The van der Waals surface area contributed by atoms with Crippen LogP contribution in [0.5, 0.6) is 0 Å². The van der Waals surface area contributed by atoms with E-state index >= 15 is 0 Å². The largest absolute Gasteiger partial charge is 0.403 e. The molecule has 0 amide bonds. The molecule has 0 spiro atoms. The van der Waals surface area contributed by atoms with Crippen molar-refractivity contribution in [2.24, 2.45) is 0 Å². The topological polar surface area (TPSA) is 96.9 Å². The smallest absolute Gasteiger partial charge is 0.368 e. The average Bonchev–Trinajstić information content (AvgIpc) is 3.47. The number of nitrogens with zero attached hydrogens (tertiary/aromatic N) is 4. The number of aromatic nitrogens is 5. The third kappa shape index (κ3) is 6.82. The van der Waals surface area contributed by atoms with Crippen molar-refractivity contribution in [1.29, 1.82) is 0 Å². The lowest BCUT2D eigenvalue weighted by Crippen LogP contribution is -2.36. The number of nitrogens with one attached hydrogen (secondary N) is 2. The first-order valence-corrected chi connectivity index (χ1v) is 11.7. The molecule has 35 heavy (non-hydrogen) atoms. The predicted octanol–water partition coefficient (Wildman–Crippen LogP) is 6.00. The molecule has 1 aliphatic rings. The lowest BCUT2D eigenvalue weighted by Gasteiger charge is -2.13. The zero-order valence-corrected chi connectivity index (χ0v) is 20.1. The van der Waals surface area contributed by atoms with Gasteiger partial charge in [-0.1, -0.05) is 51.2 Å². The molecule has 0 bridgehead atoms. The standard InChI is InChI=1S/C15H12N6.C6H12.C4H8F3N/c1-2-9-6-19-21-4-3-10(5-13(9)21)11-7-17-14-12(11)8-18-15(16)20-14;1-2-4-6-5-3-1;1-3(8-2)4(5,6)7/h2-8H,1H2,(H3,16,17,18,20);1-6H2;3,8H,1-2H3. The van der Waals surface area contributed by atoms with Crippen LogP contribution in [0, 0.1) is 0 Å². The highest BCUT2D eigenvalue weighted by Crippen LogP contribution is 2.29. The normalized spacial score (nSPS) is 14.5. The van der Waals surface area contributed by atoms with Gasteiger partial charge in [-0.25, -0.2) is 9.50 Å². The van der Waals surface area contributed by atoms with E-state index < -0.39 is 12.2 Å². The molecule has 10 heteroatoms.